The van der Waals surface area contributed by atoms with Crippen LogP contribution in [-0.4, -0.2) is 15.5 Å². The number of aryl methyl sites for hydroxylation is 1. The van der Waals surface area contributed by atoms with Crippen LogP contribution in [-0.2, 0) is 7.05 Å². The van der Waals surface area contributed by atoms with Crippen molar-refractivity contribution < 1.29 is 13.6 Å². The third-order valence-corrected chi connectivity index (χ3v) is 3.25. The Hall–Kier alpha value is -2.83. The molecule has 0 fully saturated rings. The molecule has 0 unspecified atom stereocenters. The van der Waals surface area contributed by atoms with Crippen LogP contribution in [0, 0.1) is 11.6 Å². The van der Waals surface area contributed by atoms with Crippen molar-refractivity contribution in [2.45, 2.75) is 0 Å². The number of amides is 1. The number of halogens is 2. The van der Waals surface area contributed by atoms with E-state index in [9.17, 15) is 18.4 Å². The molecule has 21 heavy (non-hydrogen) atoms. The highest BCUT2D eigenvalue weighted by atomic mass is 19.2. The van der Waals surface area contributed by atoms with Gasteiger partial charge in [-0.15, -0.1) is 0 Å². The van der Waals surface area contributed by atoms with Gasteiger partial charge < -0.3 is 10.3 Å². The largest absolute Gasteiger partial charge is 0.365 e. The van der Waals surface area contributed by atoms with Gasteiger partial charge in [0.15, 0.2) is 11.6 Å². The monoisotopic (exact) mass is 289 g/mol. The average Bonchev–Trinajstić information content (AvgIpc) is 2.42. The van der Waals surface area contributed by atoms with Crippen LogP contribution in [0.25, 0.3) is 21.9 Å². The molecule has 5 nitrogen and oxygen atoms in total. The second-order valence-electron chi connectivity index (χ2n) is 4.67. The van der Waals surface area contributed by atoms with Gasteiger partial charge in [0.25, 0.3) is 5.91 Å². The fraction of sp³-hybridized carbons (Fsp3) is 0.0714. The van der Waals surface area contributed by atoms with Crippen molar-refractivity contribution in [3.8, 4) is 0 Å². The maximum atomic E-state index is 13.3. The Bertz CT molecular complexity index is 980. The predicted molar refractivity (Wildman–Crippen MR) is 72.9 cm³/mol. The number of hydrogen-bond donors (Lipinski definition) is 1. The maximum absolute atomic E-state index is 13.3. The van der Waals surface area contributed by atoms with Crippen molar-refractivity contribution >= 4 is 27.8 Å². The van der Waals surface area contributed by atoms with E-state index in [1.807, 2.05) is 0 Å². The van der Waals surface area contributed by atoms with E-state index in [4.69, 9.17) is 5.73 Å². The van der Waals surface area contributed by atoms with Crippen molar-refractivity contribution in [2.24, 2.45) is 12.8 Å². The minimum Gasteiger partial charge on any atom is -0.365 e. The minimum absolute atomic E-state index is 0.118. The lowest BCUT2D eigenvalue weighted by Crippen LogP contribution is -2.24. The smallest absolute Gasteiger partial charge is 0.254 e. The van der Waals surface area contributed by atoms with Crippen molar-refractivity contribution in [1.82, 2.24) is 9.55 Å². The van der Waals surface area contributed by atoms with Crippen LogP contribution in [0.1, 0.15) is 10.4 Å². The summed E-state index contributed by atoms with van der Waals surface area (Å²) < 4.78 is 28.0. The lowest BCUT2D eigenvalue weighted by atomic mass is 10.1. The van der Waals surface area contributed by atoms with Crippen LogP contribution in [0.5, 0.6) is 0 Å². The molecule has 0 aliphatic carbocycles. The second kappa shape index (κ2) is 4.34. The summed E-state index contributed by atoms with van der Waals surface area (Å²) in [5.41, 5.74) is 4.84. The summed E-state index contributed by atoms with van der Waals surface area (Å²) in [6.07, 6.45) is 1.27. The van der Waals surface area contributed by atoms with Crippen LogP contribution in [0.4, 0.5) is 8.78 Å². The third-order valence-electron chi connectivity index (χ3n) is 3.25. The predicted octanol–water partition coefficient (Wildman–Crippen LogP) is 1.46. The molecule has 1 amide bonds. The van der Waals surface area contributed by atoms with E-state index in [1.165, 1.54) is 16.8 Å². The molecule has 0 saturated carbocycles. The minimum atomic E-state index is -1.04. The van der Waals surface area contributed by atoms with Gasteiger partial charge in [0, 0.05) is 24.7 Å². The van der Waals surface area contributed by atoms with E-state index in [0.29, 0.717) is 0 Å². The third kappa shape index (κ3) is 1.94. The molecule has 1 aromatic carbocycles. The van der Waals surface area contributed by atoms with Gasteiger partial charge in [0.2, 0.25) is 5.43 Å². The summed E-state index contributed by atoms with van der Waals surface area (Å²) in [5, 5.41) is 0.382. The van der Waals surface area contributed by atoms with E-state index in [0.717, 1.165) is 12.1 Å². The summed E-state index contributed by atoms with van der Waals surface area (Å²) in [7, 11) is 1.58. The molecule has 0 atom stereocenters. The highest BCUT2D eigenvalue weighted by molar-refractivity contribution is 5.98. The molecule has 106 valence electrons. The Kier molecular flexibility index (Phi) is 2.72. The molecule has 0 spiro atoms. The molecule has 0 bridgehead atoms. The number of carbonyl (C=O) groups excluding carboxylic acids is 1. The Morgan fingerprint density at radius 1 is 1.24 bits per heavy atom. The SMILES string of the molecule is Cn1cc(C(N)=O)c(=O)c2cc3cc(F)c(F)cc3nc21. The van der Waals surface area contributed by atoms with E-state index in [2.05, 4.69) is 4.98 Å². The fourth-order valence-electron chi connectivity index (χ4n) is 2.23. The summed E-state index contributed by atoms with van der Waals surface area (Å²) >= 11 is 0. The van der Waals surface area contributed by atoms with Crippen molar-refractivity contribution in [1.29, 1.82) is 0 Å². The first-order valence-corrected chi connectivity index (χ1v) is 5.97. The van der Waals surface area contributed by atoms with Gasteiger partial charge in [-0.1, -0.05) is 0 Å². The van der Waals surface area contributed by atoms with Gasteiger partial charge in [0.05, 0.1) is 10.9 Å². The number of aromatic nitrogens is 2. The standard InChI is InChI=1S/C14H9F2N3O2/c1-19-5-8(13(17)21)12(20)7-2-6-3-9(15)10(16)4-11(6)18-14(7)19/h2-5H,1H3,(H2,17,21). The molecule has 3 rings (SSSR count). The van der Waals surface area contributed by atoms with Gasteiger partial charge in [0.1, 0.15) is 11.2 Å². The topological polar surface area (TPSA) is 78.0 Å². The average molecular weight is 289 g/mol. The molecular weight excluding hydrogens is 280 g/mol. The van der Waals surface area contributed by atoms with Crippen LogP contribution in [0.2, 0.25) is 0 Å². The Balaban J connectivity index is 2.51. The number of nitrogens with zero attached hydrogens (tertiary/aromatic N) is 2. The zero-order chi connectivity index (χ0) is 15.3. The number of primary amides is 1. The summed E-state index contributed by atoms with van der Waals surface area (Å²) in [6, 6.07) is 3.28. The van der Waals surface area contributed by atoms with Crippen LogP contribution >= 0.6 is 0 Å². The molecule has 2 N–H and O–H groups in total. The van der Waals surface area contributed by atoms with E-state index >= 15 is 0 Å². The van der Waals surface area contributed by atoms with Crippen molar-refractivity contribution in [2.75, 3.05) is 0 Å². The molecule has 0 saturated heterocycles. The number of nitrogens with two attached hydrogens (primary N) is 1. The fourth-order valence-corrected chi connectivity index (χ4v) is 2.23. The zero-order valence-electron chi connectivity index (χ0n) is 10.9. The lowest BCUT2D eigenvalue weighted by Gasteiger charge is -2.08. The van der Waals surface area contributed by atoms with Crippen LogP contribution in [0.15, 0.2) is 29.2 Å². The van der Waals surface area contributed by atoms with Gasteiger partial charge >= 0.3 is 0 Å². The lowest BCUT2D eigenvalue weighted by molar-refractivity contribution is 0.0999. The normalized spacial score (nSPS) is 11.2. The van der Waals surface area contributed by atoms with Gasteiger partial charge in [-0.2, -0.15) is 0 Å². The van der Waals surface area contributed by atoms with Gasteiger partial charge in [-0.3, -0.25) is 9.59 Å². The van der Waals surface area contributed by atoms with E-state index in [-0.39, 0.29) is 27.5 Å². The quantitative estimate of drug-likeness (QED) is 0.689. The van der Waals surface area contributed by atoms with Gasteiger partial charge in [-0.05, 0) is 12.1 Å². The molecule has 7 heteroatoms. The number of fused-ring (bicyclic) bond motifs is 2. The maximum Gasteiger partial charge on any atom is 0.254 e. The first kappa shape index (κ1) is 13.2. The zero-order valence-corrected chi connectivity index (χ0v) is 10.9. The highest BCUT2D eigenvalue weighted by Gasteiger charge is 2.14. The Morgan fingerprint density at radius 2 is 1.90 bits per heavy atom. The molecule has 0 aliphatic rings. The number of rotatable bonds is 1. The van der Waals surface area contributed by atoms with Crippen LogP contribution < -0.4 is 11.2 Å². The Labute approximate surface area is 116 Å². The summed E-state index contributed by atoms with van der Waals surface area (Å²) in [6.45, 7) is 0. The number of benzene rings is 1. The molecule has 0 aliphatic heterocycles. The van der Waals surface area contributed by atoms with E-state index < -0.39 is 23.0 Å². The molecule has 2 heterocycles. The number of pyridine rings is 2. The van der Waals surface area contributed by atoms with Gasteiger partial charge in [-0.25, -0.2) is 13.8 Å². The molecule has 3 aromatic rings. The molecule has 0 radical (unpaired) electrons. The van der Waals surface area contributed by atoms with Crippen molar-refractivity contribution in [3.63, 3.8) is 0 Å². The second-order valence-corrected chi connectivity index (χ2v) is 4.67. The van der Waals surface area contributed by atoms with Crippen LogP contribution in [0.3, 0.4) is 0 Å². The highest BCUT2D eigenvalue weighted by Crippen LogP contribution is 2.20. The van der Waals surface area contributed by atoms with Crippen molar-refractivity contribution in [3.05, 3.63) is 51.8 Å². The molecule has 2 aromatic heterocycles. The van der Waals surface area contributed by atoms with E-state index in [1.54, 1.807) is 7.05 Å². The first-order chi connectivity index (χ1) is 9.88. The Morgan fingerprint density at radius 3 is 2.57 bits per heavy atom. The molecular formula is C14H9F2N3O2. The summed E-state index contributed by atoms with van der Waals surface area (Å²) in [4.78, 5) is 27.6. The number of carbonyl (C=O) groups is 1. The summed E-state index contributed by atoms with van der Waals surface area (Å²) in [5.74, 6) is -2.91. The number of hydrogen-bond acceptors (Lipinski definition) is 3. The first-order valence-electron chi connectivity index (χ1n) is 5.97.